The Hall–Kier alpha value is -2.69. The molecular weight excluding hydrogens is 522 g/mol. The Morgan fingerprint density at radius 1 is 0.921 bits per heavy atom. The van der Waals surface area contributed by atoms with Crippen LogP contribution < -0.4 is 0 Å². The third-order valence-electron chi connectivity index (χ3n) is 6.99. The van der Waals surface area contributed by atoms with Crippen molar-refractivity contribution in [3.8, 4) is 0 Å². The second-order valence-corrected chi connectivity index (χ2v) is 10.1. The molecule has 0 unspecified atom stereocenters. The second-order valence-electron chi connectivity index (χ2n) is 10.1. The van der Waals surface area contributed by atoms with Crippen molar-refractivity contribution >= 4 is 5.97 Å². The maximum absolute atomic E-state index is 16.0. The first-order valence-electron chi connectivity index (χ1n) is 12.2. The third kappa shape index (κ3) is 6.84. The molecule has 3 nitrogen and oxygen atoms in total. The standard InChI is InChI=1S/C27H29F8NO2/c1-16(2)3-12-22(17-4-8-19(9-5-17)26(30,31)32)36-14-13-21(15-23(37)38)25(28,29)24(36)18-6-10-20(11-7-18)27(33,34)35/h4-11,16,21-22,24H,3,12-15H2,1-2H3,(H,37,38)/t21-,22+,24+/m0/s1. The lowest BCUT2D eigenvalue weighted by Crippen LogP contribution is -2.52. The number of rotatable bonds is 8. The highest BCUT2D eigenvalue weighted by Gasteiger charge is 2.55. The first-order valence-corrected chi connectivity index (χ1v) is 12.2. The monoisotopic (exact) mass is 551 g/mol. The summed E-state index contributed by atoms with van der Waals surface area (Å²) in [6.45, 7) is 3.80. The van der Waals surface area contributed by atoms with Crippen LogP contribution in [0.4, 0.5) is 35.1 Å². The van der Waals surface area contributed by atoms with E-state index >= 15 is 8.78 Å². The van der Waals surface area contributed by atoms with Crippen molar-refractivity contribution in [1.82, 2.24) is 4.90 Å². The lowest BCUT2D eigenvalue weighted by atomic mass is 9.79. The van der Waals surface area contributed by atoms with Gasteiger partial charge in [0.1, 0.15) is 6.04 Å². The molecule has 0 radical (unpaired) electrons. The van der Waals surface area contributed by atoms with Gasteiger partial charge in [0, 0.05) is 18.5 Å². The molecular formula is C27H29F8NO2. The van der Waals surface area contributed by atoms with Gasteiger partial charge in [0.25, 0.3) is 5.92 Å². The molecule has 0 spiro atoms. The SMILES string of the molecule is CC(C)CC[C@H](c1ccc(C(F)(F)F)cc1)N1CC[C@@H](CC(=O)O)C(F)(F)[C@H]1c1ccc(C(F)(F)F)cc1. The fourth-order valence-electron chi connectivity index (χ4n) is 5.03. The molecule has 1 aliphatic heterocycles. The van der Waals surface area contributed by atoms with Crippen LogP contribution in [0.1, 0.15) is 73.9 Å². The summed E-state index contributed by atoms with van der Waals surface area (Å²) in [4.78, 5) is 12.7. The molecule has 0 amide bonds. The summed E-state index contributed by atoms with van der Waals surface area (Å²) in [7, 11) is 0. The number of carbonyl (C=O) groups is 1. The maximum atomic E-state index is 16.0. The number of alkyl halides is 8. The molecule has 1 heterocycles. The molecule has 1 aliphatic rings. The largest absolute Gasteiger partial charge is 0.481 e. The lowest BCUT2D eigenvalue weighted by molar-refractivity contribution is -0.177. The number of hydrogen-bond donors (Lipinski definition) is 1. The van der Waals surface area contributed by atoms with Crippen molar-refractivity contribution in [1.29, 1.82) is 0 Å². The molecule has 0 saturated carbocycles. The van der Waals surface area contributed by atoms with Gasteiger partial charge in [0.2, 0.25) is 0 Å². The average Bonchev–Trinajstić information content (AvgIpc) is 2.79. The van der Waals surface area contributed by atoms with Crippen LogP contribution in [0.5, 0.6) is 0 Å². The summed E-state index contributed by atoms with van der Waals surface area (Å²) in [5.41, 5.74) is -1.68. The van der Waals surface area contributed by atoms with Crippen LogP contribution in [0, 0.1) is 11.8 Å². The van der Waals surface area contributed by atoms with Gasteiger partial charge in [-0.2, -0.15) is 26.3 Å². The van der Waals surface area contributed by atoms with E-state index in [1.807, 2.05) is 13.8 Å². The number of aliphatic carboxylic acids is 1. The Morgan fingerprint density at radius 3 is 1.87 bits per heavy atom. The zero-order valence-corrected chi connectivity index (χ0v) is 20.8. The Bertz CT molecular complexity index is 1080. The topological polar surface area (TPSA) is 40.5 Å². The van der Waals surface area contributed by atoms with Gasteiger partial charge in [0.15, 0.2) is 0 Å². The molecule has 2 aromatic rings. The van der Waals surface area contributed by atoms with E-state index in [4.69, 9.17) is 0 Å². The number of nitrogens with zero attached hydrogens (tertiary/aromatic N) is 1. The predicted octanol–water partition coefficient (Wildman–Crippen LogP) is 8.37. The van der Waals surface area contributed by atoms with Gasteiger partial charge >= 0.3 is 18.3 Å². The summed E-state index contributed by atoms with van der Waals surface area (Å²) < 4.78 is 111. The van der Waals surface area contributed by atoms with Crippen LogP contribution in [0.25, 0.3) is 0 Å². The molecule has 0 aromatic heterocycles. The molecule has 11 heteroatoms. The van der Waals surface area contributed by atoms with E-state index in [0.717, 1.165) is 24.3 Å². The first-order chi connectivity index (χ1) is 17.5. The first kappa shape index (κ1) is 29.9. The second kappa shape index (κ2) is 11.2. The molecule has 2 aromatic carbocycles. The van der Waals surface area contributed by atoms with Gasteiger partial charge in [-0.25, -0.2) is 8.78 Å². The van der Waals surface area contributed by atoms with Gasteiger partial charge in [-0.1, -0.05) is 38.1 Å². The maximum Gasteiger partial charge on any atom is 0.416 e. The molecule has 1 fully saturated rings. The lowest BCUT2D eigenvalue weighted by Gasteiger charge is -2.49. The normalized spacial score (nSPS) is 21.4. The van der Waals surface area contributed by atoms with E-state index in [1.54, 1.807) is 0 Å². The van der Waals surface area contributed by atoms with Crippen LogP contribution in [0.3, 0.4) is 0 Å². The number of likely N-dealkylation sites (tertiary alicyclic amines) is 1. The van der Waals surface area contributed by atoms with E-state index in [1.165, 1.54) is 17.0 Å². The van der Waals surface area contributed by atoms with Crippen molar-refractivity contribution in [3.63, 3.8) is 0 Å². The van der Waals surface area contributed by atoms with Crippen LogP contribution in [0.2, 0.25) is 0 Å². The van der Waals surface area contributed by atoms with E-state index < -0.39 is 59.8 Å². The summed E-state index contributed by atoms with van der Waals surface area (Å²) in [6.07, 6.45) is -9.44. The summed E-state index contributed by atoms with van der Waals surface area (Å²) >= 11 is 0. The van der Waals surface area contributed by atoms with E-state index in [-0.39, 0.29) is 24.4 Å². The molecule has 3 rings (SSSR count). The summed E-state index contributed by atoms with van der Waals surface area (Å²) in [5.74, 6) is -6.49. The van der Waals surface area contributed by atoms with Gasteiger partial charge in [0.05, 0.1) is 17.5 Å². The number of carboxylic acid groups (broad SMARTS) is 1. The minimum absolute atomic E-state index is 0.0109. The van der Waals surface area contributed by atoms with Gasteiger partial charge in [-0.3, -0.25) is 9.69 Å². The number of carboxylic acids is 1. The van der Waals surface area contributed by atoms with E-state index in [9.17, 15) is 36.2 Å². The number of halogens is 8. The van der Waals surface area contributed by atoms with Crippen molar-refractivity contribution in [2.24, 2.45) is 11.8 Å². The Labute approximate surface area is 215 Å². The highest BCUT2D eigenvalue weighted by molar-refractivity contribution is 5.67. The van der Waals surface area contributed by atoms with Crippen LogP contribution in [-0.2, 0) is 17.1 Å². The highest BCUT2D eigenvalue weighted by atomic mass is 19.4. The average molecular weight is 552 g/mol. The zero-order valence-electron chi connectivity index (χ0n) is 20.8. The highest BCUT2D eigenvalue weighted by Crippen LogP contribution is 2.52. The molecule has 0 bridgehead atoms. The summed E-state index contributed by atoms with van der Waals surface area (Å²) in [6, 6.07) is 5.00. The number of benzene rings is 2. The smallest absolute Gasteiger partial charge is 0.416 e. The van der Waals surface area contributed by atoms with Crippen LogP contribution in [-0.4, -0.2) is 28.4 Å². The minimum Gasteiger partial charge on any atom is -0.481 e. The third-order valence-corrected chi connectivity index (χ3v) is 6.99. The quantitative estimate of drug-likeness (QED) is 0.335. The van der Waals surface area contributed by atoms with Crippen LogP contribution in [0.15, 0.2) is 48.5 Å². The van der Waals surface area contributed by atoms with Gasteiger partial charge < -0.3 is 5.11 Å². The molecule has 210 valence electrons. The molecule has 1 saturated heterocycles. The van der Waals surface area contributed by atoms with Gasteiger partial charge in [-0.15, -0.1) is 0 Å². The number of piperidine rings is 1. The van der Waals surface area contributed by atoms with Crippen molar-refractivity contribution in [2.45, 2.75) is 69.9 Å². The van der Waals surface area contributed by atoms with E-state index in [0.29, 0.717) is 30.5 Å². The van der Waals surface area contributed by atoms with Crippen molar-refractivity contribution in [3.05, 3.63) is 70.8 Å². The Morgan fingerprint density at radius 2 is 1.42 bits per heavy atom. The molecule has 3 atom stereocenters. The zero-order chi connectivity index (χ0) is 28.5. The van der Waals surface area contributed by atoms with Crippen molar-refractivity contribution in [2.75, 3.05) is 6.54 Å². The predicted molar refractivity (Wildman–Crippen MR) is 124 cm³/mol. The minimum atomic E-state index is -4.68. The van der Waals surface area contributed by atoms with Crippen molar-refractivity contribution < 1.29 is 45.0 Å². The van der Waals surface area contributed by atoms with Crippen LogP contribution >= 0.6 is 0 Å². The fraction of sp³-hybridized carbons (Fsp3) is 0.519. The fourth-order valence-corrected chi connectivity index (χ4v) is 5.03. The number of hydrogen-bond acceptors (Lipinski definition) is 2. The van der Waals surface area contributed by atoms with Gasteiger partial charge in [-0.05, 0) is 60.6 Å². The Balaban J connectivity index is 2.11. The summed E-state index contributed by atoms with van der Waals surface area (Å²) in [5, 5.41) is 9.21. The molecule has 1 N–H and O–H groups in total. The molecule has 0 aliphatic carbocycles. The Kier molecular flexibility index (Phi) is 8.80. The van der Waals surface area contributed by atoms with E-state index in [2.05, 4.69) is 0 Å². The molecule has 38 heavy (non-hydrogen) atoms.